The minimum Gasteiger partial charge on any atom is -0.303 e. The monoisotopic (exact) mass is 222 g/mol. The molecular formula is C15H26O. The van der Waals surface area contributed by atoms with Gasteiger partial charge in [-0.05, 0) is 32.1 Å². The van der Waals surface area contributed by atoms with Gasteiger partial charge in [0, 0.05) is 6.42 Å². The number of hydrogen-bond donors (Lipinski definition) is 0. The Morgan fingerprint density at radius 3 is 2.25 bits per heavy atom. The van der Waals surface area contributed by atoms with Gasteiger partial charge in [0.2, 0.25) is 0 Å². The maximum Gasteiger partial charge on any atom is 0.120 e. The number of aldehydes is 1. The summed E-state index contributed by atoms with van der Waals surface area (Å²) in [5.74, 6) is 0. The molecule has 0 atom stereocenters. The molecule has 0 aromatic rings. The highest BCUT2D eigenvalue weighted by Crippen LogP contribution is 2.19. The predicted octanol–water partition coefficient (Wildman–Crippen LogP) is 4.81. The van der Waals surface area contributed by atoms with Gasteiger partial charge in [0.15, 0.2) is 0 Å². The Balaban J connectivity index is 2.33. The van der Waals surface area contributed by atoms with Gasteiger partial charge in [-0.3, -0.25) is 0 Å². The van der Waals surface area contributed by atoms with Crippen molar-refractivity contribution in [3.8, 4) is 0 Å². The van der Waals surface area contributed by atoms with Gasteiger partial charge < -0.3 is 4.79 Å². The summed E-state index contributed by atoms with van der Waals surface area (Å²) < 4.78 is 0. The fourth-order valence-electron chi connectivity index (χ4n) is 2.44. The maximum absolute atomic E-state index is 10.4. The molecule has 0 saturated heterocycles. The van der Waals surface area contributed by atoms with Gasteiger partial charge in [-0.2, -0.15) is 0 Å². The van der Waals surface area contributed by atoms with Crippen molar-refractivity contribution in [3.05, 3.63) is 11.6 Å². The average molecular weight is 222 g/mol. The van der Waals surface area contributed by atoms with Gasteiger partial charge in [0.05, 0.1) is 0 Å². The number of hydrogen-bond acceptors (Lipinski definition) is 1. The van der Waals surface area contributed by atoms with Crippen molar-refractivity contribution in [2.45, 2.75) is 77.0 Å². The lowest BCUT2D eigenvalue weighted by Gasteiger charge is -2.08. The van der Waals surface area contributed by atoms with E-state index in [-0.39, 0.29) is 0 Å². The van der Waals surface area contributed by atoms with Gasteiger partial charge in [0.1, 0.15) is 6.29 Å². The number of carbonyl (C=O) groups is 1. The number of rotatable bonds is 3. The molecule has 1 nitrogen and oxygen atoms in total. The highest BCUT2D eigenvalue weighted by atomic mass is 16.1. The van der Waals surface area contributed by atoms with Gasteiger partial charge in [-0.15, -0.1) is 0 Å². The third-order valence-electron chi connectivity index (χ3n) is 3.47. The molecule has 0 heterocycles. The van der Waals surface area contributed by atoms with Gasteiger partial charge >= 0.3 is 0 Å². The smallest absolute Gasteiger partial charge is 0.120 e. The third kappa shape index (κ3) is 6.81. The van der Waals surface area contributed by atoms with E-state index in [1.54, 1.807) is 0 Å². The van der Waals surface area contributed by atoms with Crippen LogP contribution in [0.5, 0.6) is 0 Å². The molecule has 0 aliphatic heterocycles. The van der Waals surface area contributed by atoms with Crippen LogP contribution < -0.4 is 0 Å². The lowest BCUT2D eigenvalue weighted by atomic mass is 9.98. The second-order valence-corrected chi connectivity index (χ2v) is 4.93. The Labute approximate surface area is 100 Å². The van der Waals surface area contributed by atoms with Crippen molar-refractivity contribution < 1.29 is 4.79 Å². The molecule has 16 heavy (non-hydrogen) atoms. The first-order valence-corrected chi connectivity index (χ1v) is 7.05. The first-order chi connectivity index (χ1) is 7.93. The first kappa shape index (κ1) is 13.5. The average Bonchev–Trinajstić information content (AvgIpc) is 2.28. The van der Waals surface area contributed by atoms with Crippen LogP contribution in [0.4, 0.5) is 0 Å². The summed E-state index contributed by atoms with van der Waals surface area (Å²) in [5.41, 5.74) is 1.53. The van der Waals surface area contributed by atoms with E-state index in [0.717, 1.165) is 12.7 Å². The second kappa shape index (κ2) is 9.62. The molecule has 0 aromatic carbocycles. The summed E-state index contributed by atoms with van der Waals surface area (Å²) in [6.45, 7) is 0. The molecule has 0 saturated carbocycles. The molecular weight excluding hydrogens is 196 g/mol. The summed E-state index contributed by atoms with van der Waals surface area (Å²) in [4.78, 5) is 10.4. The van der Waals surface area contributed by atoms with E-state index in [1.807, 2.05) is 0 Å². The fraction of sp³-hybridized carbons (Fsp3) is 0.800. The second-order valence-electron chi connectivity index (χ2n) is 4.93. The largest absolute Gasteiger partial charge is 0.303 e. The predicted molar refractivity (Wildman–Crippen MR) is 69.6 cm³/mol. The Bertz CT molecular complexity index is 205. The summed E-state index contributed by atoms with van der Waals surface area (Å²) in [5, 5.41) is 0. The van der Waals surface area contributed by atoms with E-state index >= 15 is 0 Å². The molecule has 1 aliphatic carbocycles. The molecule has 0 fully saturated rings. The summed E-state index contributed by atoms with van der Waals surface area (Å²) in [7, 11) is 0. The normalized spacial score (nSPS) is 20.4. The molecule has 0 amide bonds. The van der Waals surface area contributed by atoms with Crippen molar-refractivity contribution in [3.63, 3.8) is 0 Å². The van der Waals surface area contributed by atoms with E-state index in [4.69, 9.17) is 0 Å². The van der Waals surface area contributed by atoms with E-state index in [9.17, 15) is 4.79 Å². The van der Waals surface area contributed by atoms with Crippen molar-refractivity contribution in [1.29, 1.82) is 0 Å². The molecule has 92 valence electrons. The van der Waals surface area contributed by atoms with Crippen molar-refractivity contribution in [2.75, 3.05) is 0 Å². The van der Waals surface area contributed by atoms with E-state index in [0.29, 0.717) is 6.42 Å². The minimum atomic E-state index is 0.714. The lowest BCUT2D eigenvalue weighted by Crippen LogP contribution is -1.90. The first-order valence-electron chi connectivity index (χ1n) is 7.05. The van der Waals surface area contributed by atoms with E-state index in [1.165, 1.54) is 69.8 Å². The van der Waals surface area contributed by atoms with Gasteiger partial charge in [-0.1, -0.05) is 50.2 Å². The van der Waals surface area contributed by atoms with Crippen LogP contribution in [-0.2, 0) is 4.79 Å². The Morgan fingerprint density at radius 2 is 1.56 bits per heavy atom. The van der Waals surface area contributed by atoms with Crippen LogP contribution in [0.3, 0.4) is 0 Å². The zero-order valence-corrected chi connectivity index (χ0v) is 10.5. The standard InChI is InChI=1S/C15H26O/c16-14-10-13-15-11-8-6-4-2-1-3-5-7-9-12-15/h11,14H,1-10,12-13H2. The SMILES string of the molecule is O=CCCC1=CCCCCCCCCCC1. The molecule has 0 radical (unpaired) electrons. The molecule has 0 aromatic heterocycles. The van der Waals surface area contributed by atoms with Crippen molar-refractivity contribution in [1.82, 2.24) is 0 Å². The minimum absolute atomic E-state index is 0.714. The van der Waals surface area contributed by atoms with Crippen LogP contribution in [0, 0.1) is 0 Å². The highest BCUT2D eigenvalue weighted by Gasteiger charge is 2.00. The molecule has 0 bridgehead atoms. The van der Waals surface area contributed by atoms with E-state index < -0.39 is 0 Å². The fourth-order valence-corrected chi connectivity index (χ4v) is 2.44. The zero-order valence-electron chi connectivity index (χ0n) is 10.5. The molecule has 1 heteroatoms. The van der Waals surface area contributed by atoms with Crippen LogP contribution in [0.2, 0.25) is 0 Å². The number of allylic oxidation sites excluding steroid dienone is 2. The van der Waals surface area contributed by atoms with Crippen LogP contribution in [0.1, 0.15) is 77.0 Å². The quantitative estimate of drug-likeness (QED) is 0.495. The maximum atomic E-state index is 10.4. The van der Waals surface area contributed by atoms with Crippen molar-refractivity contribution >= 4 is 6.29 Å². The lowest BCUT2D eigenvalue weighted by molar-refractivity contribution is -0.107. The Kier molecular flexibility index (Phi) is 8.10. The molecule has 0 unspecified atom stereocenters. The van der Waals surface area contributed by atoms with Gasteiger partial charge in [0.25, 0.3) is 0 Å². The highest BCUT2D eigenvalue weighted by molar-refractivity contribution is 5.49. The summed E-state index contributed by atoms with van der Waals surface area (Å²) in [6.07, 6.45) is 18.7. The summed E-state index contributed by atoms with van der Waals surface area (Å²) in [6, 6.07) is 0. The topological polar surface area (TPSA) is 17.1 Å². The molecule has 0 spiro atoms. The zero-order chi connectivity index (χ0) is 11.5. The molecule has 1 rings (SSSR count). The van der Waals surface area contributed by atoms with Crippen molar-refractivity contribution in [2.24, 2.45) is 0 Å². The van der Waals surface area contributed by atoms with Crippen LogP contribution in [-0.4, -0.2) is 6.29 Å². The van der Waals surface area contributed by atoms with Gasteiger partial charge in [-0.25, -0.2) is 0 Å². The number of carbonyl (C=O) groups excluding carboxylic acids is 1. The van der Waals surface area contributed by atoms with Crippen LogP contribution >= 0.6 is 0 Å². The van der Waals surface area contributed by atoms with E-state index in [2.05, 4.69) is 6.08 Å². The summed E-state index contributed by atoms with van der Waals surface area (Å²) >= 11 is 0. The van der Waals surface area contributed by atoms with Crippen LogP contribution in [0.15, 0.2) is 11.6 Å². The Morgan fingerprint density at radius 1 is 0.938 bits per heavy atom. The van der Waals surface area contributed by atoms with Crippen LogP contribution in [0.25, 0.3) is 0 Å². The Hall–Kier alpha value is -0.590. The molecule has 1 aliphatic rings. The molecule has 0 N–H and O–H groups in total. The third-order valence-corrected chi connectivity index (χ3v) is 3.47.